The van der Waals surface area contributed by atoms with E-state index in [1.54, 1.807) is 9.47 Å². The van der Waals surface area contributed by atoms with Gasteiger partial charge in [0.05, 0.1) is 0 Å². The standard InChI is InChI=1S/C29H10F46O13/c1-4(2)8(32,33)79-14(44,45)12(40,41)77-6(30)10(36,37)81-17(50,51)20(56,57)85-24(64,65)25(66,67)86-21(58,59)18(52,53)82-11(38,39)7(31)78-13(42,43)15(46,47)83-22(60,61)23(62,63)87-28(72,73)29(74,75)88-27(70,71)26(68,69)84-19(54,55)16(48,49)80-9(34,35)5(3)76/h6-7H,1H2,2-3H3. The summed E-state index contributed by atoms with van der Waals surface area (Å²) in [5.41, 5.74) is -2.02. The highest BCUT2D eigenvalue weighted by Gasteiger charge is 2.82. The van der Waals surface area contributed by atoms with Crippen molar-refractivity contribution in [2.45, 2.75) is 161 Å². The van der Waals surface area contributed by atoms with Crippen LogP contribution in [0.15, 0.2) is 12.2 Å². The Labute approximate surface area is 443 Å². The van der Waals surface area contributed by atoms with Crippen molar-refractivity contribution in [2.75, 3.05) is 0 Å². The molecule has 0 aromatic rings. The Kier molecular flexibility index (Phi) is 22.8. The number of carbonyl (C=O) groups is 1. The van der Waals surface area contributed by atoms with Gasteiger partial charge in [-0.1, -0.05) is 6.58 Å². The molecule has 0 saturated heterocycles. The van der Waals surface area contributed by atoms with Crippen LogP contribution in [0.2, 0.25) is 0 Å². The minimum absolute atomic E-state index is 0.0416. The average Bonchev–Trinajstić information content (AvgIpc) is 3.19. The van der Waals surface area contributed by atoms with Gasteiger partial charge in [0.2, 0.25) is 5.78 Å². The zero-order valence-corrected chi connectivity index (χ0v) is 38.6. The Bertz CT molecular complexity index is 2410. The molecule has 0 N–H and O–H groups in total. The Hall–Kier alpha value is -4.29. The monoisotopic (exact) mass is 1440 g/mol. The van der Waals surface area contributed by atoms with Crippen LogP contribution >= 0.6 is 0 Å². The summed E-state index contributed by atoms with van der Waals surface area (Å²) in [7, 11) is 0. The summed E-state index contributed by atoms with van der Waals surface area (Å²) in [5, 5.41) is 0. The van der Waals surface area contributed by atoms with Crippen LogP contribution in [0.1, 0.15) is 13.8 Å². The molecule has 0 aliphatic heterocycles. The van der Waals surface area contributed by atoms with E-state index < -0.39 is 165 Å². The van der Waals surface area contributed by atoms with Gasteiger partial charge in [0.15, 0.2) is 0 Å². The molecule has 0 heterocycles. The molecular formula is C29H10F46O13. The lowest BCUT2D eigenvalue weighted by molar-refractivity contribution is -0.594. The third-order valence-corrected chi connectivity index (χ3v) is 7.57. The molecular weight excluding hydrogens is 1430 g/mol. The van der Waals surface area contributed by atoms with Gasteiger partial charge in [-0.3, -0.25) is 14.3 Å². The van der Waals surface area contributed by atoms with Crippen molar-refractivity contribution in [2.24, 2.45) is 0 Å². The Balaban J connectivity index is 6.55. The van der Waals surface area contributed by atoms with Crippen molar-refractivity contribution in [1.29, 1.82) is 0 Å². The smallest absolute Gasteiger partial charge is 0.290 e. The number of alkyl halides is 46. The zero-order chi connectivity index (χ0) is 71.8. The van der Waals surface area contributed by atoms with Gasteiger partial charge in [0.25, 0.3) is 12.7 Å². The summed E-state index contributed by atoms with van der Waals surface area (Å²) in [6.07, 6.45) is -191. The Morgan fingerprint density at radius 1 is 0.239 bits per heavy atom. The number of hydrogen-bond donors (Lipinski definition) is 0. The minimum atomic E-state index is -8.68. The van der Waals surface area contributed by atoms with Crippen molar-refractivity contribution in [3.8, 4) is 0 Å². The number of ketones is 1. The van der Waals surface area contributed by atoms with Gasteiger partial charge in [-0.25, -0.2) is 56.1 Å². The molecule has 0 spiro atoms. The molecule has 0 saturated carbocycles. The quantitative estimate of drug-likeness (QED) is 0.0433. The van der Waals surface area contributed by atoms with Crippen LogP contribution in [-0.4, -0.2) is 153 Å². The van der Waals surface area contributed by atoms with Gasteiger partial charge in [0, 0.05) is 12.5 Å². The lowest BCUT2D eigenvalue weighted by Gasteiger charge is -2.37. The highest BCUT2D eigenvalue weighted by atomic mass is 19.4. The molecule has 526 valence electrons. The van der Waals surface area contributed by atoms with Crippen molar-refractivity contribution >= 4 is 5.78 Å². The molecule has 88 heavy (non-hydrogen) atoms. The van der Waals surface area contributed by atoms with Crippen LogP contribution in [0.3, 0.4) is 0 Å². The van der Waals surface area contributed by atoms with Crippen LogP contribution in [0, 0.1) is 0 Å². The predicted molar refractivity (Wildman–Crippen MR) is 157 cm³/mol. The molecule has 0 aliphatic rings. The molecule has 2 unspecified atom stereocenters. The topological polar surface area (TPSA) is 128 Å². The van der Waals surface area contributed by atoms with E-state index in [1.807, 2.05) is 0 Å². The summed E-state index contributed by atoms with van der Waals surface area (Å²) in [6.45, 7) is 1.55. The first-order valence-corrected chi connectivity index (χ1v) is 18.6. The van der Waals surface area contributed by atoms with Gasteiger partial charge >= 0.3 is 134 Å². The number of rotatable bonds is 37. The lowest BCUT2D eigenvalue weighted by Crippen LogP contribution is -2.62. The molecule has 0 bridgehead atoms. The zero-order valence-electron chi connectivity index (χ0n) is 38.6. The number of carbonyl (C=O) groups excluding carboxylic acids is 1. The number of Topliss-reactive ketones (excluding diaryl/α,β-unsaturated/α-hetero) is 1. The maximum Gasteiger partial charge on any atom is 0.453 e. The summed E-state index contributed by atoms with van der Waals surface area (Å²) in [6, 6.07) is 0. The highest BCUT2D eigenvalue weighted by Crippen LogP contribution is 2.57. The van der Waals surface area contributed by atoms with Gasteiger partial charge in [-0.2, -0.15) is 193 Å². The van der Waals surface area contributed by atoms with Gasteiger partial charge in [-0.15, -0.1) is 0 Å². The molecule has 2 atom stereocenters. The molecule has 0 aromatic heterocycles. The van der Waals surface area contributed by atoms with E-state index in [9.17, 15) is 207 Å². The summed E-state index contributed by atoms with van der Waals surface area (Å²) < 4.78 is 641. The normalized spacial score (nSPS) is 17.0. The van der Waals surface area contributed by atoms with Gasteiger partial charge < -0.3 is 0 Å². The fraction of sp³-hybridized carbons (Fsp3) is 0.897. The lowest BCUT2D eigenvalue weighted by atomic mass is 10.3. The summed E-state index contributed by atoms with van der Waals surface area (Å²) in [4.78, 5) is 10.4. The average molecular weight is 1440 g/mol. The van der Waals surface area contributed by atoms with Gasteiger partial charge in [-0.05, 0) is 6.92 Å². The van der Waals surface area contributed by atoms with Crippen LogP contribution in [0.25, 0.3) is 0 Å². The van der Waals surface area contributed by atoms with Crippen molar-refractivity contribution < 1.29 is 264 Å². The molecule has 0 rings (SSSR count). The Morgan fingerprint density at radius 3 is 0.545 bits per heavy atom. The second kappa shape index (κ2) is 24.0. The van der Waals surface area contributed by atoms with E-state index >= 15 is 0 Å². The SMILES string of the molecule is C=C(C)C(F)(F)OC(F)(F)C(F)(F)OC(F)C(F)(F)OC(F)(F)C(F)(F)OC(F)(F)C(F)(F)OC(F)(F)C(F)(F)OC(F)(F)C(F)OC(F)(F)C(F)(F)OC(F)(F)C(F)(F)OC(F)(F)C(F)(F)OC(F)(F)C(F)(F)OC(F)(F)C(F)(F)OC(F)(F)C(C)=O. The van der Waals surface area contributed by atoms with E-state index in [4.69, 9.17) is 0 Å². The van der Waals surface area contributed by atoms with E-state index in [0.29, 0.717) is 0 Å². The minimum Gasteiger partial charge on any atom is -0.290 e. The fourth-order valence-electron chi connectivity index (χ4n) is 3.37. The molecule has 0 fully saturated rings. The van der Waals surface area contributed by atoms with Crippen molar-refractivity contribution in [1.82, 2.24) is 0 Å². The largest absolute Gasteiger partial charge is 0.453 e. The van der Waals surface area contributed by atoms with E-state index in [1.165, 1.54) is 14.2 Å². The molecule has 0 aromatic carbocycles. The van der Waals surface area contributed by atoms with Crippen molar-refractivity contribution in [3.05, 3.63) is 12.2 Å². The Morgan fingerprint density at radius 2 is 0.375 bits per heavy atom. The number of hydrogen-bond acceptors (Lipinski definition) is 13. The van der Waals surface area contributed by atoms with E-state index in [0.717, 1.165) is 28.4 Å². The molecule has 59 heteroatoms. The second-order valence-electron chi connectivity index (χ2n) is 14.7. The maximum absolute atomic E-state index is 13.8. The third-order valence-electron chi connectivity index (χ3n) is 7.57. The van der Waals surface area contributed by atoms with E-state index in [2.05, 4.69) is 11.3 Å². The predicted octanol–water partition coefficient (Wildman–Crippen LogP) is 15.0. The first kappa shape index (κ1) is 83.7. The van der Waals surface area contributed by atoms with Crippen LogP contribution < -0.4 is 0 Å². The maximum atomic E-state index is 13.8. The molecule has 0 radical (unpaired) electrons. The van der Waals surface area contributed by atoms with Crippen molar-refractivity contribution in [3.63, 3.8) is 0 Å². The second-order valence-corrected chi connectivity index (χ2v) is 14.7. The summed E-state index contributed by atoms with van der Waals surface area (Å²) >= 11 is 0. The first-order chi connectivity index (χ1) is 37.5. The van der Waals surface area contributed by atoms with Crippen LogP contribution in [-0.2, 0) is 61.6 Å². The molecule has 13 nitrogen and oxygen atoms in total. The van der Waals surface area contributed by atoms with E-state index in [-0.39, 0.29) is 6.92 Å². The fourth-order valence-corrected chi connectivity index (χ4v) is 3.37. The third kappa shape index (κ3) is 18.3. The summed E-state index contributed by atoms with van der Waals surface area (Å²) in [5.74, 6) is -3.10. The molecule has 0 amide bonds. The van der Waals surface area contributed by atoms with Gasteiger partial charge in [0.1, 0.15) is 0 Å². The number of halogens is 46. The first-order valence-electron chi connectivity index (χ1n) is 18.6. The number of ether oxygens (including phenoxy) is 12. The highest BCUT2D eigenvalue weighted by molar-refractivity contribution is 5.81. The van der Waals surface area contributed by atoms with Crippen LogP contribution in [0.5, 0.6) is 0 Å². The van der Waals surface area contributed by atoms with Crippen LogP contribution in [0.4, 0.5) is 202 Å². The molecule has 0 aliphatic carbocycles.